The van der Waals surface area contributed by atoms with Crippen LogP contribution in [0, 0.1) is 0 Å². The lowest BCUT2D eigenvalue weighted by Crippen LogP contribution is -2.13. The molecule has 7 heteroatoms. The second-order valence-electron chi connectivity index (χ2n) is 6.56. The Labute approximate surface area is 174 Å². The largest absolute Gasteiger partial charge is 0.457 e. The summed E-state index contributed by atoms with van der Waals surface area (Å²) in [6.45, 7) is -0.218. The first-order valence-electron chi connectivity index (χ1n) is 9.26. The van der Waals surface area contributed by atoms with Crippen molar-refractivity contribution < 1.29 is 23.8 Å². The summed E-state index contributed by atoms with van der Waals surface area (Å²) in [7, 11) is 0. The Morgan fingerprint density at radius 3 is 1.63 bits per heavy atom. The maximum Gasteiger partial charge on any atom is 0.315 e. The zero-order valence-electron chi connectivity index (χ0n) is 16.2. The van der Waals surface area contributed by atoms with Gasteiger partial charge in [-0.05, 0) is 59.7 Å². The zero-order valence-corrected chi connectivity index (χ0v) is 16.2. The van der Waals surface area contributed by atoms with Gasteiger partial charge in [0.25, 0.3) is 0 Å². The van der Waals surface area contributed by atoms with E-state index in [4.69, 9.17) is 25.7 Å². The molecule has 0 bridgehead atoms. The molecule has 0 atom stereocenters. The van der Waals surface area contributed by atoms with E-state index in [1.54, 1.807) is 72.8 Å². The molecule has 154 valence electrons. The van der Waals surface area contributed by atoms with Crippen molar-refractivity contribution in [2.24, 2.45) is 0 Å². The van der Waals surface area contributed by atoms with E-state index >= 15 is 0 Å². The first kappa shape index (κ1) is 20.7. The molecule has 7 nitrogen and oxygen atoms in total. The van der Waals surface area contributed by atoms with Crippen LogP contribution < -0.4 is 20.9 Å². The van der Waals surface area contributed by atoms with Gasteiger partial charge in [-0.2, -0.15) is 0 Å². The Hall–Kier alpha value is -4.00. The molecular formula is C23H22N2O5. The smallest absolute Gasteiger partial charge is 0.315 e. The summed E-state index contributed by atoms with van der Waals surface area (Å²) >= 11 is 0. The molecular weight excluding hydrogens is 384 g/mol. The number of hydrogen-bond acceptors (Lipinski definition) is 7. The van der Waals surface area contributed by atoms with Crippen LogP contribution in [0.3, 0.4) is 0 Å². The van der Waals surface area contributed by atoms with Crippen LogP contribution in [0.2, 0.25) is 0 Å². The molecule has 0 saturated carbocycles. The van der Waals surface area contributed by atoms with E-state index in [-0.39, 0.29) is 25.6 Å². The Morgan fingerprint density at radius 1 is 0.633 bits per heavy atom. The molecule has 3 aromatic rings. The molecule has 0 heterocycles. The highest BCUT2D eigenvalue weighted by Crippen LogP contribution is 2.18. The first-order valence-corrected chi connectivity index (χ1v) is 9.26. The number of anilines is 2. The highest BCUT2D eigenvalue weighted by molar-refractivity contribution is 5.75. The number of benzene rings is 3. The van der Waals surface area contributed by atoms with Crippen LogP contribution in [0.4, 0.5) is 11.4 Å². The number of hydrogen-bond donors (Lipinski definition) is 2. The van der Waals surface area contributed by atoms with Gasteiger partial charge >= 0.3 is 11.9 Å². The van der Waals surface area contributed by atoms with Crippen LogP contribution >= 0.6 is 0 Å². The van der Waals surface area contributed by atoms with Gasteiger partial charge in [-0.3, -0.25) is 9.59 Å². The van der Waals surface area contributed by atoms with E-state index < -0.39 is 5.97 Å². The van der Waals surface area contributed by atoms with Crippen molar-refractivity contribution in [2.45, 2.75) is 12.8 Å². The van der Waals surface area contributed by atoms with Crippen LogP contribution in [-0.2, 0) is 27.2 Å². The molecule has 0 amide bonds. The predicted molar refractivity (Wildman–Crippen MR) is 113 cm³/mol. The maximum absolute atomic E-state index is 12.0. The second kappa shape index (κ2) is 9.97. The van der Waals surface area contributed by atoms with E-state index in [2.05, 4.69) is 0 Å². The van der Waals surface area contributed by atoms with Gasteiger partial charge in [-0.25, -0.2) is 0 Å². The average Bonchev–Trinajstić information content (AvgIpc) is 2.73. The molecule has 30 heavy (non-hydrogen) atoms. The van der Waals surface area contributed by atoms with Crippen LogP contribution in [0.5, 0.6) is 11.5 Å². The highest BCUT2D eigenvalue weighted by Gasteiger charge is 2.08. The van der Waals surface area contributed by atoms with Crippen molar-refractivity contribution >= 4 is 23.3 Å². The highest BCUT2D eigenvalue weighted by atomic mass is 16.7. The number of nitrogens with two attached hydrogens (primary N) is 2. The van der Waals surface area contributed by atoms with Gasteiger partial charge in [0, 0.05) is 11.4 Å². The van der Waals surface area contributed by atoms with E-state index in [0.717, 1.165) is 11.1 Å². The van der Waals surface area contributed by atoms with Gasteiger partial charge in [0.15, 0.2) is 0 Å². The quantitative estimate of drug-likeness (QED) is 0.256. The lowest BCUT2D eigenvalue weighted by Gasteiger charge is -2.09. The Kier molecular flexibility index (Phi) is 6.89. The summed E-state index contributed by atoms with van der Waals surface area (Å²) in [6, 6.07) is 20.5. The molecule has 0 spiro atoms. The third kappa shape index (κ3) is 6.56. The SMILES string of the molecule is Nc1ccc(CC(=O)OCOc2ccc(OC(=O)Cc3ccc(N)cc3)cc2)cc1. The van der Waals surface area contributed by atoms with E-state index in [0.29, 0.717) is 22.9 Å². The fourth-order valence-corrected chi connectivity index (χ4v) is 2.59. The fourth-order valence-electron chi connectivity index (χ4n) is 2.59. The van der Waals surface area contributed by atoms with E-state index in [1.807, 2.05) is 0 Å². The van der Waals surface area contributed by atoms with Crippen LogP contribution in [0.15, 0.2) is 72.8 Å². The van der Waals surface area contributed by atoms with Crippen molar-refractivity contribution in [2.75, 3.05) is 18.3 Å². The molecule has 0 radical (unpaired) electrons. The minimum absolute atomic E-state index is 0.131. The van der Waals surface area contributed by atoms with Crippen molar-refractivity contribution in [3.8, 4) is 11.5 Å². The monoisotopic (exact) mass is 406 g/mol. The summed E-state index contributed by atoms with van der Waals surface area (Å²) in [5.74, 6) is 0.0785. The zero-order chi connectivity index (χ0) is 21.3. The van der Waals surface area contributed by atoms with Gasteiger partial charge in [0.2, 0.25) is 6.79 Å². The maximum atomic E-state index is 12.0. The van der Waals surface area contributed by atoms with Crippen molar-refractivity contribution in [1.82, 2.24) is 0 Å². The molecule has 0 aliphatic rings. The normalized spacial score (nSPS) is 10.3. The summed E-state index contributed by atoms with van der Waals surface area (Å²) in [4.78, 5) is 23.9. The van der Waals surface area contributed by atoms with Crippen LogP contribution in [0.1, 0.15) is 11.1 Å². The molecule has 0 unspecified atom stereocenters. The molecule has 0 aromatic heterocycles. The summed E-state index contributed by atoms with van der Waals surface area (Å²) < 4.78 is 15.7. The molecule has 3 rings (SSSR count). The Bertz CT molecular complexity index is 984. The fraction of sp³-hybridized carbons (Fsp3) is 0.130. The second-order valence-corrected chi connectivity index (χ2v) is 6.56. The molecule has 0 fully saturated rings. The molecule has 3 aromatic carbocycles. The van der Waals surface area contributed by atoms with Gasteiger partial charge in [0.05, 0.1) is 12.8 Å². The molecule has 0 aliphatic heterocycles. The Balaban J connectivity index is 1.40. The molecule has 0 aliphatic carbocycles. The number of carbonyl (C=O) groups is 2. The molecule has 4 N–H and O–H groups in total. The minimum Gasteiger partial charge on any atom is -0.457 e. The average molecular weight is 406 g/mol. The summed E-state index contributed by atoms with van der Waals surface area (Å²) in [5.41, 5.74) is 14.1. The third-order valence-corrected chi connectivity index (χ3v) is 4.16. The summed E-state index contributed by atoms with van der Waals surface area (Å²) in [6.07, 6.45) is 0.273. The topological polar surface area (TPSA) is 114 Å². The van der Waals surface area contributed by atoms with Gasteiger partial charge < -0.3 is 25.7 Å². The summed E-state index contributed by atoms with van der Waals surface area (Å²) in [5, 5.41) is 0. The third-order valence-electron chi connectivity index (χ3n) is 4.16. The number of esters is 2. The number of carbonyl (C=O) groups excluding carboxylic acids is 2. The van der Waals surface area contributed by atoms with E-state index in [9.17, 15) is 9.59 Å². The van der Waals surface area contributed by atoms with E-state index in [1.165, 1.54) is 0 Å². The standard InChI is InChI=1S/C23H22N2O5/c24-18-5-1-16(2-6-18)13-22(26)29-15-28-20-9-11-21(12-10-20)30-23(27)14-17-3-7-19(25)8-4-17/h1-12H,13-15,24-25H2. The predicted octanol–water partition coefficient (Wildman–Crippen LogP) is 3.12. The Morgan fingerprint density at radius 2 is 1.10 bits per heavy atom. The number of rotatable bonds is 8. The molecule has 0 saturated heterocycles. The first-order chi connectivity index (χ1) is 14.5. The van der Waals surface area contributed by atoms with Crippen LogP contribution in [0.25, 0.3) is 0 Å². The lowest BCUT2D eigenvalue weighted by atomic mass is 10.1. The van der Waals surface area contributed by atoms with Crippen molar-refractivity contribution in [3.05, 3.63) is 83.9 Å². The minimum atomic E-state index is -0.409. The van der Waals surface area contributed by atoms with Gasteiger partial charge in [-0.15, -0.1) is 0 Å². The van der Waals surface area contributed by atoms with Gasteiger partial charge in [0.1, 0.15) is 11.5 Å². The number of ether oxygens (including phenoxy) is 3. The lowest BCUT2D eigenvalue weighted by molar-refractivity contribution is -0.149. The van der Waals surface area contributed by atoms with Crippen LogP contribution in [-0.4, -0.2) is 18.7 Å². The van der Waals surface area contributed by atoms with Gasteiger partial charge in [-0.1, -0.05) is 24.3 Å². The number of nitrogen functional groups attached to an aromatic ring is 2. The van der Waals surface area contributed by atoms with Crippen molar-refractivity contribution in [3.63, 3.8) is 0 Å². The van der Waals surface area contributed by atoms with Crippen molar-refractivity contribution in [1.29, 1.82) is 0 Å².